The molecule has 54 valence electrons. The molecule has 0 aromatic heterocycles. The highest BCUT2D eigenvalue weighted by atomic mass is 16.6. The van der Waals surface area contributed by atoms with Crippen LogP contribution in [0.5, 0.6) is 0 Å². The summed E-state index contributed by atoms with van der Waals surface area (Å²) in [7, 11) is 0. The summed E-state index contributed by atoms with van der Waals surface area (Å²) in [6, 6.07) is 5.67. The zero-order valence-corrected chi connectivity index (χ0v) is 5.60. The van der Waals surface area contributed by atoms with Gasteiger partial charge in [-0.15, -0.1) is 0 Å². The topological polar surface area (TPSA) is 47.5 Å². The van der Waals surface area contributed by atoms with Gasteiger partial charge in [0.15, 0.2) is 0 Å². The van der Waals surface area contributed by atoms with Crippen LogP contribution >= 0.6 is 0 Å². The molecule has 0 fully saturated rings. The molecule has 0 heterocycles. The quantitative estimate of drug-likeness (QED) is 0.453. The lowest BCUT2D eigenvalue weighted by Crippen LogP contribution is -1.85. The molecule has 4 heteroatoms. The van der Waals surface area contributed by atoms with Crippen LogP contribution in [-0.2, 0) is 0 Å². The number of benzene rings is 1. The van der Waals surface area contributed by atoms with Crippen LogP contribution in [0.15, 0.2) is 24.3 Å². The largest absolute Gasteiger partial charge is 0.340 e. The molecule has 1 aromatic rings. The fourth-order valence-electron chi connectivity index (χ4n) is 0.660. The second-order valence-electron chi connectivity index (χ2n) is 1.90. The number of rotatable bonds is 1. The Morgan fingerprint density at radius 2 is 1.91 bits per heavy atom. The molecule has 0 bridgehead atoms. The van der Waals surface area contributed by atoms with E-state index >= 15 is 0 Å². The second kappa shape index (κ2) is 2.80. The van der Waals surface area contributed by atoms with Gasteiger partial charge in [-0.05, 0) is 4.85 Å². The summed E-state index contributed by atoms with van der Waals surface area (Å²) in [5.41, 5.74) is 0.563. The van der Waals surface area contributed by atoms with E-state index in [0.717, 1.165) is 0 Å². The first kappa shape index (κ1) is 7.22. The van der Waals surface area contributed by atoms with Gasteiger partial charge in [0.05, 0.1) is 4.92 Å². The molecule has 11 heavy (non-hydrogen) atoms. The van der Waals surface area contributed by atoms with E-state index in [-0.39, 0.29) is 5.69 Å². The van der Waals surface area contributed by atoms with Crippen LogP contribution in [0.3, 0.4) is 0 Å². The van der Waals surface area contributed by atoms with Crippen LogP contribution in [0.25, 0.3) is 4.85 Å². The molecular formula is C7H5N2O2+. The van der Waals surface area contributed by atoms with E-state index < -0.39 is 4.92 Å². The third kappa shape index (κ3) is 1.52. The standard InChI is InChI=1S/C7H5N2O2/c1-8-6-2-4-7(5-3-6)9(10)11/h1-5H/q+1. The zero-order chi connectivity index (χ0) is 8.27. The molecule has 0 aliphatic carbocycles. The van der Waals surface area contributed by atoms with Gasteiger partial charge in [-0.25, -0.2) is 0 Å². The molecule has 4 nitrogen and oxygen atoms in total. The third-order valence-electron chi connectivity index (χ3n) is 1.21. The maximum absolute atomic E-state index is 10.1. The Balaban J connectivity index is 3.03. The SMILES string of the molecule is C#[N+]c1ccc([N+](=O)[O-])cc1. The van der Waals surface area contributed by atoms with Gasteiger partial charge in [0.25, 0.3) is 12.3 Å². The van der Waals surface area contributed by atoms with Crippen molar-refractivity contribution >= 4 is 11.4 Å². The first-order valence-corrected chi connectivity index (χ1v) is 2.89. The average molecular weight is 149 g/mol. The van der Waals surface area contributed by atoms with E-state index in [4.69, 9.17) is 6.57 Å². The van der Waals surface area contributed by atoms with Crippen LogP contribution in [0.2, 0.25) is 0 Å². The fraction of sp³-hybridized carbons (Fsp3) is 0. The minimum Gasteiger partial charge on any atom is -0.258 e. The molecule has 0 atom stereocenters. The van der Waals surface area contributed by atoms with Crippen LogP contribution in [0.1, 0.15) is 0 Å². The Kier molecular flexibility index (Phi) is 1.83. The van der Waals surface area contributed by atoms with Gasteiger partial charge in [0, 0.05) is 24.3 Å². The van der Waals surface area contributed by atoms with Crippen molar-refractivity contribution in [2.75, 3.05) is 0 Å². The molecule has 0 saturated heterocycles. The third-order valence-corrected chi connectivity index (χ3v) is 1.21. The summed E-state index contributed by atoms with van der Waals surface area (Å²) in [5.74, 6) is 0. The summed E-state index contributed by atoms with van der Waals surface area (Å²) in [6.07, 6.45) is 0. The minimum absolute atomic E-state index is 0.0393. The molecule has 1 aromatic carbocycles. The highest BCUT2D eigenvalue weighted by Crippen LogP contribution is 2.16. The predicted molar refractivity (Wildman–Crippen MR) is 41.1 cm³/mol. The summed E-state index contributed by atoms with van der Waals surface area (Å²) in [4.78, 5) is 13.0. The van der Waals surface area contributed by atoms with E-state index in [1.807, 2.05) is 0 Å². The van der Waals surface area contributed by atoms with E-state index in [0.29, 0.717) is 5.69 Å². The lowest BCUT2D eigenvalue weighted by molar-refractivity contribution is -0.384. The predicted octanol–water partition coefficient (Wildman–Crippen LogP) is 2.19. The van der Waals surface area contributed by atoms with Crippen LogP contribution in [0.4, 0.5) is 11.4 Å². The van der Waals surface area contributed by atoms with Crippen LogP contribution in [-0.4, -0.2) is 4.92 Å². The first-order chi connectivity index (χ1) is 5.24. The highest BCUT2D eigenvalue weighted by molar-refractivity contribution is 5.49. The maximum Gasteiger partial charge on any atom is 0.340 e. The van der Waals surface area contributed by atoms with Crippen molar-refractivity contribution in [3.8, 4) is 6.57 Å². The Labute approximate surface area is 63.1 Å². The van der Waals surface area contributed by atoms with Gasteiger partial charge in [-0.3, -0.25) is 10.1 Å². The molecule has 0 N–H and O–H groups in total. The Hall–Kier alpha value is -1.89. The molecule has 0 unspecified atom stereocenters. The zero-order valence-electron chi connectivity index (χ0n) is 5.60. The molecule has 0 saturated carbocycles. The van der Waals surface area contributed by atoms with Crippen LogP contribution in [0, 0.1) is 16.7 Å². The van der Waals surface area contributed by atoms with Gasteiger partial charge in [-0.1, -0.05) is 0 Å². The summed E-state index contributed by atoms with van der Waals surface area (Å²) < 4.78 is 0. The Bertz CT molecular complexity index is 310. The first-order valence-electron chi connectivity index (χ1n) is 2.89. The van der Waals surface area contributed by atoms with Crippen molar-refractivity contribution in [2.45, 2.75) is 0 Å². The van der Waals surface area contributed by atoms with Gasteiger partial charge in [-0.2, -0.15) is 0 Å². The number of hydrogen-bond acceptors (Lipinski definition) is 2. The second-order valence-corrected chi connectivity index (χ2v) is 1.90. The van der Waals surface area contributed by atoms with Crippen LogP contribution < -0.4 is 0 Å². The van der Waals surface area contributed by atoms with Crippen molar-refractivity contribution in [3.05, 3.63) is 39.2 Å². The van der Waals surface area contributed by atoms with Gasteiger partial charge < -0.3 is 0 Å². The minimum atomic E-state index is -0.472. The summed E-state index contributed by atoms with van der Waals surface area (Å²) in [6.45, 7) is 4.93. The molecular weight excluding hydrogens is 144 g/mol. The lowest BCUT2D eigenvalue weighted by atomic mass is 10.3. The number of non-ortho nitro benzene ring substituents is 1. The molecule has 0 aliphatic rings. The highest BCUT2D eigenvalue weighted by Gasteiger charge is 2.06. The molecule has 1 rings (SSSR count). The number of hydrogen-bond donors (Lipinski definition) is 0. The summed E-state index contributed by atoms with van der Waals surface area (Å²) >= 11 is 0. The molecule has 0 aliphatic heterocycles. The van der Waals surface area contributed by atoms with E-state index in [1.165, 1.54) is 24.3 Å². The summed E-state index contributed by atoms with van der Waals surface area (Å²) in [5, 5.41) is 10.1. The number of nitro benzene ring substituents is 1. The van der Waals surface area contributed by atoms with Gasteiger partial charge in [0.2, 0.25) is 0 Å². The van der Waals surface area contributed by atoms with Crippen molar-refractivity contribution in [2.24, 2.45) is 0 Å². The average Bonchev–Trinajstić information content (AvgIpc) is 2.05. The van der Waals surface area contributed by atoms with Crippen molar-refractivity contribution in [1.82, 2.24) is 0 Å². The van der Waals surface area contributed by atoms with E-state index in [1.54, 1.807) is 0 Å². The van der Waals surface area contributed by atoms with E-state index in [9.17, 15) is 10.1 Å². The smallest absolute Gasteiger partial charge is 0.258 e. The maximum atomic E-state index is 10.1. The lowest BCUT2D eigenvalue weighted by Gasteiger charge is -1.85. The monoisotopic (exact) mass is 149 g/mol. The van der Waals surface area contributed by atoms with E-state index in [2.05, 4.69) is 4.85 Å². The Morgan fingerprint density at radius 3 is 2.27 bits per heavy atom. The van der Waals surface area contributed by atoms with Crippen molar-refractivity contribution in [1.29, 1.82) is 0 Å². The Morgan fingerprint density at radius 1 is 1.36 bits per heavy atom. The van der Waals surface area contributed by atoms with Crippen molar-refractivity contribution in [3.63, 3.8) is 0 Å². The van der Waals surface area contributed by atoms with Crippen molar-refractivity contribution < 1.29 is 4.92 Å². The molecule has 0 amide bonds. The number of nitrogens with zero attached hydrogens (tertiary/aromatic N) is 2. The number of nitro groups is 1. The molecule has 0 spiro atoms. The fourth-order valence-corrected chi connectivity index (χ4v) is 0.660. The van der Waals surface area contributed by atoms with Gasteiger partial charge in [0.1, 0.15) is 0 Å². The molecule has 0 radical (unpaired) electrons. The van der Waals surface area contributed by atoms with Gasteiger partial charge >= 0.3 is 5.69 Å². The normalized spacial score (nSPS) is 8.64.